The minimum Gasteiger partial charge on any atom is -0.379 e. The van der Waals surface area contributed by atoms with Gasteiger partial charge >= 0.3 is 0 Å². The first-order chi connectivity index (χ1) is 13.9. The Balaban J connectivity index is 1.80. The molecular formula is C21H36ClN5O2. The Kier molecular flexibility index (Phi) is 8.14. The third-order valence-electron chi connectivity index (χ3n) is 6.96. The maximum absolute atomic E-state index is 13.3. The lowest BCUT2D eigenvalue weighted by atomic mass is 9.66. The molecule has 8 heteroatoms. The van der Waals surface area contributed by atoms with Crippen LogP contribution in [0.1, 0.15) is 57.8 Å². The molecule has 2 aliphatic heterocycles. The molecule has 4 unspecified atom stereocenters. The van der Waals surface area contributed by atoms with Gasteiger partial charge in [-0.3, -0.25) is 4.79 Å². The third kappa shape index (κ3) is 5.81. The fourth-order valence-electron chi connectivity index (χ4n) is 5.28. The number of methoxy groups -OCH3 is 1. The summed E-state index contributed by atoms with van der Waals surface area (Å²) in [5, 5.41) is 7.06. The van der Waals surface area contributed by atoms with Gasteiger partial charge in [0, 0.05) is 13.7 Å². The lowest BCUT2D eigenvalue weighted by molar-refractivity contribution is -0.128. The molecule has 164 valence electrons. The van der Waals surface area contributed by atoms with Gasteiger partial charge in [0.25, 0.3) is 0 Å². The van der Waals surface area contributed by atoms with Crippen molar-refractivity contribution in [2.75, 3.05) is 20.2 Å². The summed E-state index contributed by atoms with van der Waals surface area (Å²) >= 11 is 6.34. The molecule has 1 spiro atoms. The second kappa shape index (κ2) is 10.4. The van der Waals surface area contributed by atoms with E-state index in [1.54, 1.807) is 7.11 Å². The van der Waals surface area contributed by atoms with Crippen molar-refractivity contribution >= 4 is 23.4 Å². The smallest absolute Gasteiger partial charge is 0.228 e. The van der Waals surface area contributed by atoms with Gasteiger partial charge in [-0.1, -0.05) is 30.9 Å². The van der Waals surface area contributed by atoms with Crippen LogP contribution in [0.25, 0.3) is 0 Å². The van der Waals surface area contributed by atoms with Gasteiger partial charge in [-0.2, -0.15) is 0 Å². The predicted octanol–water partition coefficient (Wildman–Crippen LogP) is 1.63. The van der Waals surface area contributed by atoms with E-state index in [9.17, 15) is 4.79 Å². The van der Waals surface area contributed by atoms with Crippen LogP contribution >= 0.6 is 11.6 Å². The molecule has 1 aliphatic carbocycles. The molecule has 1 saturated carbocycles. The van der Waals surface area contributed by atoms with Crippen molar-refractivity contribution in [3.63, 3.8) is 0 Å². The standard InChI is InChI=1S/C21H36ClN5O2/c1-29-17-6-10-25-13-16(17)27-20(28)18(19(23)24)15-11-21(7-3-2-4-8-21)9-5-14(22)12-26-15/h15-19,25H,2-11,13,23-24H2,1H3,(H,27,28). The van der Waals surface area contributed by atoms with E-state index in [2.05, 4.69) is 21.5 Å². The van der Waals surface area contributed by atoms with Crippen LogP contribution in [-0.4, -0.2) is 56.3 Å². The topological polar surface area (TPSA) is 115 Å². The number of allylic oxidation sites excluding steroid dienone is 1. The zero-order chi connectivity index (χ0) is 20.9. The minimum atomic E-state index is -0.804. The number of piperidine rings is 1. The lowest BCUT2D eigenvalue weighted by Crippen LogP contribution is -2.59. The number of carbonyl (C=O) groups excluding carboxylic acids is 1. The molecule has 3 rings (SSSR count). The molecule has 0 radical (unpaired) electrons. The Bertz CT molecular complexity index is 629. The molecule has 2 heterocycles. The van der Waals surface area contributed by atoms with Crippen molar-refractivity contribution in [1.82, 2.24) is 10.6 Å². The minimum absolute atomic E-state index is 0.0188. The van der Waals surface area contributed by atoms with Gasteiger partial charge in [-0.15, -0.1) is 0 Å². The third-order valence-corrected chi connectivity index (χ3v) is 7.24. The predicted molar refractivity (Wildman–Crippen MR) is 116 cm³/mol. The SMILES string of the molecule is COC1CCNCC1NC(=O)C(C(N)N)C1CC2(CCCCC2)CCC(Cl)=C=N1. The molecule has 3 aliphatic rings. The number of nitrogens with two attached hydrogens (primary N) is 2. The molecule has 0 aromatic heterocycles. The van der Waals surface area contributed by atoms with E-state index in [0.29, 0.717) is 11.6 Å². The molecule has 0 bridgehead atoms. The molecule has 1 saturated heterocycles. The fraction of sp³-hybridized carbons (Fsp3) is 0.857. The number of hydrogen-bond donors (Lipinski definition) is 4. The largest absolute Gasteiger partial charge is 0.379 e. The average Bonchev–Trinajstić information content (AvgIpc) is 2.70. The zero-order valence-electron chi connectivity index (χ0n) is 17.5. The molecule has 2 fully saturated rings. The van der Waals surface area contributed by atoms with Gasteiger partial charge in [0.1, 0.15) is 0 Å². The summed E-state index contributed by atoms with van der Waals surface area (Å²) in [4.78, 5) is 17.9. The van der Waals surface area contributed by atoms with Gasteiger partial charge in [0.2, 0.25) is 5.91 Å². The van der Waals surface area contributed by atoms with Crippen LogP contribution < -0.4 is 22.1 Å². The van der Waals surface area contributed by atoms with Crippen molar-refractivity contribution in [2.45, 2.75) is 82.1 Å². The number of hydrogen-bond acceptors (Lipinski definition) is 6. The fourth-order valence-corrected chi connectivity index (χ4v) is 5.43. The number of nitrogens with zero attached hydrogens (tertiary/aromatic N) is 1. The Morgan fingerprint density at radius 3 is 2.79 bits per heavy atom. The molecule has 29 heavy (non-hydrogen) atoms. The second-order valence-electron chi connectivity index (χ2n) is 8.96. The highest BCUT2D eigenvalue weighted by atomic mass is 35.5. The van der Waals surface area contributed by atoms with E-state index in [-0.39, 0.29) is 29.5 Å². The summed E-state index contributed by atoms with van der Waals surface area (Å²) in [6.45, 7) is 1.55. The summed E-state index contributed by atoms with van der Waals surface area (Å²) in [6.07, 6.45) is 8.64. The van der Waals surface area contributed by atoms with E-state index in [0.717, 1.165) is 45.1 Å². The summed E-state index contributed by atoms with van der Waals surface area (Å²) in [7, 11) is 1.68. The van der Waals surface area contributed by atoms with Gasteiger partial charge in [-0.05, 0) is 56.4 Å². The summed E-state index contributed by atoms with van der Waals surface area (Å²) in [6, 6.07) is -0.428. The molecular weight excluding hydrogens is 390 g/mol. The monoisotopic (exact) mass is 425 g/mol. The average molecular weight is 426 g/mol. The number of halogens is 1. The number of aliphatic imine (C=N–C) groups is 1. The molecule has 7 nitrogen and oxygen atoms in total. The van der Waals surface area contributed by atoms with E-state index < -0.39 is 12.1 Å². The number of amides is 1. The first-order valence-electron chi connectivity index (χ1n) is 11.0. The number of carbonyl (C=O) groups is 1. The van der Waals surface area contributed by atoms with E-state index >= 15 is 0 Å². The van der Waals surface area contributed by atoms with Crippen molar-refractivity contribution in [3.8, 4) is 0 Å². The van der Waals surface area contributed by atoms with Gasteiger partial charge in [0.15, 0.2) is 0 Å². The van der Waals surface area contributed by atoms with Crippen molar-refractivity contribution in [2.24, 2.45) is 27.8 Å². The molecule has 0 aromatic rings. The van der Waals surface area contributed by atoms with Crippen molar-refractivity contribution in [1.29, 1.82) is 0 Å². The first kappa shape index (κ1) is 22.7. The lowest BCUT2D eigenvalue weighted by Gasteiger charge is -2.42. The number of ether oxygens (including phenoxy) is 1. The first-order valence-corrected chi connectivity index (χ1v) is 11.3. The van der Waals surface area contributed by atoms with Gasteiger partial charge < -0.3 is 26.8 Å². The highest BCUT2D eigenvalue weighted by molar-refractivity contribution is 6.33. The molecule has 6 N–H and O–H groups in total. The molecule has 1 amide bonds. The summed E-state index contributed by atoms with van der Waals surface area (Å²) in [5.41, 5.74) is 12.4. The Hall–Kier alpha value is -0.950. The van der Waals surface area contributed by atoms with E-state index in [1.807, 2.05) is 0 Å². The van der Waals surface area contributed by atoms with E-state index in [1.165, 1.54) is 19.3 Å². The van der Waals surface area contributed by atoms with Crippen molar-refractivity contribution < 1.29 is 9.53 Å². The van der Waals surface area contributed by atoms with Crippen LogP contribution in [0.5, 0.6) is 0 Å². The summed E-state index contributed by atoms with van der Waals surface area (Å²) < 4.78 is 5.56. The zero-order valence-corrected chi connectivity index (χ0v) is 18.2. The highest BCUT2D eigenvalue weighted by Crippen LogP contribution is 2.46. The quantitative estimate of drug-likeness (QED) is 0.500. The van der Waals surface area contributed by atoms with E-state index in [4.69, 9.17) is 27.8 Å². The molecule has 0 aromatic carbocycles. The van der Waals surface area contributed by atoms with Crippen LogP contribution in [0.2, 0.25) is 0 Å². The Morgan fingerprint density at radius 2 is 2.10 bits per heavy atom. The maximum Gasteiger partial charge on any atom is 0.228 e. The van der Waals surface area contributed by atoms with Crippen molar-refractivity contribution in [3.05, 3.63) is 5.03 Å². The van der Waals surface area contributed by atoms with Crippen LogP contribution in [0, 0.1) is 11.3 Å². The number of rotatable bonds is 5. The van der Waals surface area contributed by atoms with Gasteiger partial charge in [-0.25, -0.2) is 4.99 Å². The van der Waals surface area contributed by atoms with Gasteiger partial charge in [0.05, 0.1) is 35.3 Å². The Morgan fingerprint density at radius 1 is 1.34 bits per heavy atom. The van der Waals surface area contributed by atoms with Crippen LogP contribution in [0.3, 0.4) is 0 Å². The number of nitrogens with one attached hydrogen (secondary N) is 2. The second-order valence-corrected chi connectivity index (χ2v) is 9.42. The van der Waals surface area contributed by atoms with Crippen LogP contribution in [0.15, 0.2) is 10.0 Å². The molecule has 4 atom stereocenters. The van der Waals surface area contributed by atoms with Crippen LogP contribution in [-0.2, 0) is 9.53 Å². The maximum atomic E-state index is 13.3. The summed E-state index contributed by atoms with van der Waals surface area (Å²) in [5.74, 6) is 2.17. The van der Waals surface area contributed by atoms with Crippen LogP contribution in [0.4, 0.5) is 0 Å². The Labute approximate surface area is 179 Å². The normalized spacial score (nSPS) is 31.1. The highest BCUT2D eigenvalue weighted by Gasteiger charge is 2.41.